The van der Waals surface area contributed by atoms with Crippen LogP contribution in [0.25, 0.3) is 6.08 Å². The van der Waals surface area contributed by atoms with Gasteiger partial charge in [-0.1, -0.05) is 12.2 Å². The molecule has 0 aliphatic carbocycles. The monoisotopic (exact) mass is 177 g/mol. The molecule has 0 saturated heterocycles. The molecule has 0 spiro atoms. The number of aliphatic hydroxyl groups excluding tert-OH is 1. The minimum Gasteiger partial charge on any atom is -0.392 e. The van der Waals surface area contributed by atoms with E-state index < -0.39 is 5.82 Å². The second-order valence-corrected chi connectivity index (χ2v) is 2.47. The molecule has 0 unspecified atom stereocenters. The van der Waals surface area contributed by atoms with Gasteiger partial charge in [-0.05, 0) is 23.8 Å². The summed E-state index contributed by atoms with van der Waals surface area (Å²) in [6.45, 7) is -0.0988. The summed E-state index contributed by atoms with van der Waals surface area (Å²) in [7, 11) is 0. The van der Waals surface area contributed by atoms with Crippen molar-refractivity contribution >= 4 is 6.08 Å². The number of benzene rings is 1. The molecule has 66 valence electrons. The lowest BCUT2D eigenvalue weighted by Gasteiger charge is -1.95. The van der Waals surface area contributed by atoms with E-state index in [1.807, 2.05) is 6.07 Å². The largest absolute Gasteiger partial charge is 0.392 e. The highest BCUT2D eigenvalue weighted by molar-refractivity contribution is 5.52. The number of hydrogen-bond donors (Lipinski definition) is 1. The van der Waals surface area contributed by atoms with E-state index in [1.165, 1.54) is 12.1 Å². The van der Waals surface area contributed by atoms with Gasteiger partial charge in [-0.25, -0.2) is 4.39 Å². The van der Waals surface area contributed by atoms with Crippen molar-refractivity contribution in [2.45, 2.75) is 0 Å². The quantitative estimate of drug-likeness (QED) is 0.747. The van der Waals surface area contributed by atoms with Gasteiger partial charge in [-0.15, -0.1) is 0 Å². The molecule has 1 rings (SSSR count). The lowest BCUT2D eigenvalue weighted by atomic mass is 10.1. The van der Waals surface area contributed by atoms with Crippen molar-refractivity contribution in [3.8, 4) is 6.07 Å². The fourth-order valence-electron chi connectivity index (χ4n) is 0.962. The zero-order chi connectivity index (χ0) is 9.68. The fourth-order valence-corrected chi connectivity index (χ4v) is 0.962. The number of nitrogens with zero attached hydrogens (tertiary/aromatic N) is 1. The third kappa shape index (κ3) is 2.69. The van der Waals surface area contributed by atoms with Crippen LogP contribution in [-0.2, 0) is 0 Å². The third-order valence-electron chi connectivity index (χ3n) is 1.46. The van der Waals surface area contributed by atoms with Crippen LogP contribution in [0.3, 0.4) is 0 Å². The highest BCUT2D eigenvalue weighted by atomic mass is 19.1. The van der Waals surface area contributed by atoms with E-state index in [-0.39, 0.29) is 12.2 Å². The first kappa shape index (κ1) is 9.43. The maximum Gasteiger partial charge on any atom is 0.125 e. The first-order chi connectivity index (χ1) is 6.26. The van der Waals surface area contributed by atoms with Crippen molar-refractivity contribution < 1.29 is 9.50 Å². The normalized spacial score (nSPS) is 10.2. The minimum atomic E-state index is -0.448. The molecule has 1 aromatic carbocycles. The molecule has 2 nitrogen and oxygen atoms in total. The Hall–Kier alpha value is -1.66. The molecule has 0 radical (unpaired) electrons. The van der Waals surface area contributed by atoms with E-state index in [1.54, 1.807) is 12.1 Å². The van der Waals surface area contributed by atoms with Crippen LogP contribution >= 0.6 is 0 Å². The van der Waals surface area contributed by atoms with Crippen LogP contribution in [0.1, 0.15) is 11.1 Å². The second kappa shape index (κ2) is 4.39. The van der Waals surface area contributed by atoms with Gasteiger partial charge in [0.25, 0.3) is 0 Å². The lowest BCUT2D eigenvalue weighted by Crippen LogP contribution is -1.82. The molecule has 3 heteroatoms. The number of aliphatic hydroxyl groups is 1. The first-order valence-electron chi connectivity index (χ1n) is 3.74. The van der Waals surface area contributed by atoms with Gasteiger partial charge < -0.3 is 5.11 Å². The molecule has 13 heavy (non-hydrogen) atoms. The van der Waals surface area contributed by atoms with Gasteiger partial charge in [0.1, 0.15) is 5.82 Å². The Bertz CT molecular complexity index is 366. The Kier molecular flexibility index (Phi) is 3.18. The average Bonchev–Trinajstić information content (AvgIpc) is 2.14. The fraction of sp³-hybridized carbons (Fsp3) is 0.100. The first-order valence-corrected chi connectivity index (χ1v) is 3.74. The molecular weight excluding hydrogens is 169 g/mol. The highest BCUT2D eigenvalue weighted by Crippen LogP contribution is 2.09. The molecule has 0 saturated carbocycles. The molecule has 0 bridgehead atoms. The van der Waals surface area contributed by atoms with Crippen molar-refractivity contribution in [1.29, 1.82) is 5.26 Å². The van der Waals surface area contributed by atoms with Crippen molar-refractivity contribution in [3.63, 3.8) is 0 Å². The number of halogens is 1. The van der Waals surface area contributed by atoms with E-state index in [0.29, 0.717) is 5.56 Å². The molecule has 0 fully saturated rings. The maximum atomic E-state index is 12.8. The maximum absolute atomic E-state index is 12.8. The number of rotatable bonds is 2. The van der Waals surface area contributed by atoms with E-state index in [4.69, 9.17) is 10.4 Å². The summed E-state index contributed by atoms with van der Waals surface area (Å²) in [4.78, 5) is 0. The summed E-state index contributed by atoms with van der Waals surface area (Å²) in [6, 6.07) is 5.86. The summed E-state index contributed by atoms with van der Waals surface area (Å²) in [5.74, 6) is -0.448. The number of hydrogen-bond acceptors (Lipinski definition) is 2. The molecule has 0 atom stereocenters. The van der Waals surface area contributed by atoms with Gasteiger partial charge in [-0.3, -0.25) is 0 Å². The summed E-state index contributed by atoms with van der Waals surface area (Å²) >= 11 is 0. The van der Waals surface area contributed by atoms with Gasteiger partial charge in [0.2, 0.25) is 0 Å². The topological polar surface area (TPSA) is 44.0 Å². The summed E-state index contributed by atoms with van der Waals surface area (Å²) in [5.41, 5.74) is 0.850. The van der Waals surface area contributed by atoms with Crippen molar-refractivity contribution in [2.75, 3.05) is 6.61 Å². The molecule has 1 N–H and O–H groups in total. The summed E-state index contributed by atoms with van der Waals surface area (Å²) in [5, 5.41) is 17.0. The summed E-state index contributed by atoms with van der Waals surface area (Å²) in [6.07, 6.45) is 3.04. The molecule has 0 aliphatic rings. The minimum absolute atomic E-state index is 0.0988. The van der Waals surface area contributed by atoms with E-state index in [0.717, 1.165) is 6.07 Å². The van der Waals surface area contributed by atoms with Crippen LogP contribution in [0.4, 0.5) is 4.39 Å². The van der Waals surface area contributed by atoms with E-state index in [9.17, 15) is 4.39 Å². The molecule has 0 aliphatic heterocycles. The van der Waals surface area contributed by atoms with Crippen LogP contribution < -0.4 is 0 Å². The molecule has 0 aromatic heterocycles. The zero-order valence-electron chi connectivity index (χ0n) is 6.87. The van der Waals surface area contributed by atoms with Gasteiger partial charge >= 0.3 is 0 Å². The Morgan fingerprint density at radius 3 is 2.85 bits per heavy atom. The average molecular weight is 177 g/mol. The van der Waals surface area contributed by atoms with Crippen molar-refractivity contribution in [1.82, 2.24) is 0 Å². The van der Waals surface area contributed by atoms with Crippen LogP contribution in [0.5, 0.6) is 0 Å². The Balaban J connectivity index is 3.03. The highest BCUT2D eigenvalue weighted by Gasteiger charge is 1.96. The standard InChI is InChI=1S/C10H8FNO/c11-10-5-8(2-1-3-13)4-9(6-10)7-12/h1-2,4-6,13H,3H2. The Labute approximate surface area is 75.6 Å². The molecule has 0 amide bonds. The zero-order valence-corrected chi connectivity index (χ0v) is 6.87. The van der Waals surface area contributed by atoms with Crippen LogP contribution in [-0.4, -0.2) is 11.7 Å². The Morgan fingerprint density at radius 1 is 1.46 bits per heavy atom. The predicted molar refractivity (Wildman–Crippen MR) is 47.2 cm³/mol. The van der Waals surface area contributed by atoms with Crippen molar-refractivity contribution in [2.24, 2.45) is 0 Å². The van der Waals surface area contributed by atoms with E-state index >= 15 is 0 Å². The molecule has 1 aromatic rings. The van der Waals surface area contributed by atoms with E-state index in [2.05, 4.69) is 0 Å². The van der Waals surface area contributed by atoms with Gasteiger partial charge in [0.15, 0.2) is 0 Å². The van der Waals surface area contributed by atoms with Gasteiger partial charge in [0, 0.05) is 0 Å². The van der Waals surface area contributed by atoms with Crippen LogP contribution in [0.2, 0.25) is 0 Å². The van der Waals surface area contributed by atoms with Gasteiger partial charge in [0.05, 0.1) is 18.2 Å². The predicted octanol–water partition coefficient (Wildman–Crippen LogP) is 1.70. The smallest absolute Gasteiger partial charge is 0.125 e. The SMILES string of the molecule is N#Cc1cc(F)cc(C=CCO)c1. The van der Waals surface area contributed by atoms with Crippen molar-refractivity contribution in [3.05, 3.63) is 41.2 Å². The third-order valence-corrected chi connectivity index (χ3v) is 1.46. The molecule has 0 heterocycles. The lowest BCUT2D eigenvalue weighted by molar-refractivity contribution is 0.343. The number of nitriles is 1. The van der Waals surface area contributed by atoms with Crippen LogP contribution in [0, 0.1) is 17.1 Å². The second-order valence-electron chi connectivity index (χ2n) is 2.47. The molecular formula is C10H8FNO. The Morgan fingerprint density at radius 2 is 2.23 bits per heavy atom. The van der Waals surface area contributed by atoms with Gasteiger partial charge in [-0.2, -0.15) is 5.26 Å². The van der Waals surface area contributed by atoms with Crippen LogP contribution in [0.15, 0.2) is 24.3 Å². The summed E-state index contributed by atoms with van der Waals surface area (Å²) < 4.78 is 12.8.